The van der Waals surface area contributed by atoms with Gasteiger partial charge in [-0.2, -0.15) is 0 Å². The van der Waals surface area contributed by atoms with Gasteiger partial charge in [0.15, 0.2) is 0 Å². The van der Waals surface area contributed by atoms with Crippen molar-refractivity contribution in [1.82, 2.24) is 19.4 Å². The van der Waals surface area contributed by atoms with Gasteiger partial charge < -0.3 is 14.4 Å². The van der Waals surface area contributed by atoms with E-state index in [0.717, 1.165) is 37.9 Å². The van der Waals surface area contributed by atoms with E-state index in [0.29, 0.717) is 11.6 Å². The van der Waals surface area contributed by atoms with E-state index in [1.165, 1.54) is 5.56 Å². The van der Waals surface area contributed by atoms with Crippen LogP contribution >= 0.6 is 0 Å². The van der Waals surface area contributed by atoms with Gasteiger partial charge in [-0.25, -0.2) is 4.98 Å². The Labute approximate surface area is 154 Å². The van der Waals surface area contributed by atoms with Crippen LogP contribution in [0.4, 0.5) is 0 Å². The van der Waals surface area contributed by atoms with E-state index in [2.05, 4.69) is 4.98 Å². The van der Waals surface area contributed by atoms with Gasteiger partial charge in [-0.3, -0.25) is 9.59 Å². The maximum atomic E-state index is 12.4. The van der Waals surface area contributed by atoms with E-state index in [1.807, 2.05) is 36.2 Å². The minimum absolute atomic E-state index is 0.0237. The number of aromatic nitrogens is 2. The van der Waals surface area contributed by atoms with Gasteiger partial charge >= 0.3 is 0 Å². The zero-order valence-corrected chi connectivity index (χ0v) is 15.7. The van der Waals surface area contributed by atoms with E-state index >= 15 is 0 Å². The van der Waals surface area contributed by atoms with Gasteiger partial charge in [0.25, 0.3) is 11.8 Å². The average molecular weight is 354 g/mol. The number of piperidine rings is 1. The van der Waals surface area contributed by atoms with Crippen LogP contribution in [0.2, 0.25) is 0 Å². The summed E-state index contributed by atoms with van der Waals surface area (Å²) in [5, 5.41) is 0. The molecule has 0 saturated carbocycles. The fourth-order valence-electron chi connectivity index (χ4n) is 3.40. The van der Waals surface area contributed by atoms with E-state index in [-0.39, 0.29) is 11.8 Å². The van der Waals surface area contributed by atoms with Crippen LogP contribution in [0.25, 0.3) is 0 Å². The van der Waals surface area contributed by atoms with Crippen LogP contribution in [0.15, 0.2) is 36.8 Å². The van der Waals surface area contributed by atoms with Gasteiger partial charge in [0.1, 0.15) is 5.69 Å². The fourth-order valence-corrected chi connectivity index (χ4v) is 3.40. The summed E-state index contributed by atoms with van der Waals surface area (Å²) >= 11 is 0. The highest BCUT2D eigenvalue weighted by atomic mass is 16.2. The number of likely N-dealkylation sites (tertiary alicyclic amines) is 1. The van der Waals surface area contributed by atoms with E-state index in [4.69, 9.17) is 0 Å². The van der Waals surface area contributed by atoms with Crippen LogP contribution < -0.4 is 0 Å². The predicted octanol–water partition coefficient (Wildman–Crippen LogP) is 2.22. The molecule has 0 bridgehead atoms. The molecule has 0 atom stereocenters. The Morgan fingerprint density at radius 3 is 2.35 bits per heavy atom. The summed E-state index contributed by atoms with van der Waals surface area (Å²) in [5.74, 6) is 0.617. The molecule has 0 radical (unpaired) electrons. The molecule has 2 heterocycles. The van der Waals surface area contributed by atoms with Crippen molar-refractivity contribution in [2.24, 2.45) is 13.0 Å². The second-order valence-corrected chi connectivity index (χ2v) is 7.26. The third-order valence-corrected chi connectivity index (χ3v) is 4.96. The molecule has 6 heteroatoms. The highest BCUT2D eigenvalue weighted by Gasteiger charge is 2.25. The van der Waals surface area contributed by atoms with Gasteiger partial charge in [0, 0.05) is 46.0 Å². The van der Waals surface area contributed by atoms with E-state index < -0.39 is 0 Å². The molecule has 1 aliphatic heterocycles. The molecule has 138 valence electrons. The van der Waals surface area contributed by atoms with Crippen molar-refractivity contribution in [3.63, 3.8) is 0 Å². The molecule has 0 spiro atoms. The van der Waals surface area contributed by atoms with Crippen LogP contribution in [-0.4, -0.2) is 58.4 Å². The number of carbonyl (C=O) groups excluding carboxylic acids is 2. The topological polar surface area (TPSA) is 58.4 Å². The summed E-state index contributed by atoms with van der Waals surface area (Å²) in [7, 11) is 5.39. The Bertz CT molecular complexity index is 771. The van der Waals surface area contributed by atoms with Crippen molar-refractivity contribution < 1.29 is 9.59 Å². The van der Waals surface area contributed by atoms with Gasteiger partial charge in [-0.1, -0.05) is 12.1 Å². The summed E-state index contributed by atoms with van der Waals surface area (Å²) in [4.78, 5) is 32.0. The molecule has 3 rings (SSSR count). The summed E-state index contributed by atoms with van der Waals surface area (Å²) in [6.45, 7) is 1.55. The molecule has 1 aromatic heterocycles. The number of hydrogen-bond acceptors (Lipinski definition) is 3. The minimum atomic E-state index is 0.0237. The number of aryl methyl sites for hydroxylation is 1. The van der Waals surface area contributed by atoms with Crippen molar-refractivity contribution in [2.45, 2.75) is 19.3 Å². The van der Waals surface area contributed by atoms with Crippen LogP contribution in [0.3, 0.4) is 0 Å². The lowest BCUT2D eigenvalue weighted by Gasteiger charge is -2.31. The molecule has 1 fully saturated rings. The molecule has 1 aromatic carbocycles. The van der Waals surface area contributed by atoms with Crippen molar-refractivity contribution in [2.75, 3.05) is 27.2 Å². The SMILES string of the molecule is CN(C)C(=O)c1ccc(CC2CCN(C(=O)c3cn(C)cn3)CC2)cc1. The minimum Gasteiger partial charge on any atom is -0.345 e. The van der Waals surface area contributed by atoms with Crippen molar-refractivity contribution >= 4 is 11.8 Å². The third-order valence-electron chi connectivity index (χ3n) is 4.96. The Hall–Kier alpha value is -2.63. The fraction of sp³-hybridized carbons (Fsp3) is 0.450. The molecule has 1 saturated heterocycles. The standard InChI is InChI=1S/C20H26N4O2/c1-22(2)19(25)17-6-4-15(5-7-17)12-16-8-10-24(11-9-16)20(26)18-13-23(3)14-21-18/h4-7,13-14,16H,8-12H2,1-3H3. The molecule has 2 aromatic rings. The van der Waals surface area contributed by atoms with Crippen LogP contribution in [0, 0.1) is 5.92 Å². The Morgan fingerprint density at radius 1 is 1.15 bits per heavy atom. The number of imidazole rings is 1. The third kappa shape index (κ3) is 4.12. The number of rotatable bonds is 4. The summed E-state index contributed by atoms with van der Waals surface area (Å²) < 4.78 is 1.80. The first-order valence-electron chi connectivity index (χ1n) is 9.02. The molecule has 0 aliphatic carbocycles. The molecular formula is C20H26N4O2. The molecule has 2 amide bonds. The zero-order valence-electron chi connectivity index (χ0n) is 15.7. The largest absolute Gasteiger partial charge is 0.345 e. The van der Waals surface area contributed by atoms with Crippen molar-refractivity contribution in [3.8, 4) is 0 Å². The highest BCUT2D eigenvalue weighted by Crippen LogP contribution is 2.23. The number of benzene rings is 1. The molecular weight excluding hydrogens is 328 g/mol. The van der Waals surface area contributed by atoms with Crippen molar-refractivity contribution in [1.29, 1.82) is 0 Å². The maximum Gasteiger partial charge on any atom is 0.274 e. The van der Waals surface area contributed by atoms with Gasteiger partial charge in [-0.05, 0) is 42.9 Å². The monoisotopic (exact) mass is 354 g/mol. The number of hydrogen-bond donors (Lipinski definition) is 0. The molecule has 26 heavy (non-hydrogen) atoms. The maximum absolute atomic E-state index is 12.4. The second-order valence-electron chi connectivity index (χ2n) is 7.26. The smallest absolute Gasteiger partial charge is 0.274 e. The number of nitrogens with zero attached hydrogens (tertiary/aromatic N) is 4. The lowest BCUT2D eigenvalue weighted by atomic mass is 9.90. The van der Waals surface area contributed by atoms with Crippen LogP contribution in [0.5, 0.6) is 0 Å². The lowest BCUT2D eigenvalue weighted by Crippen LogP contribution is -2.39. The van der Waals surface area contributed by atoms with E-state index in [9.17, 15) is 9.59 Å². The van der Waals surface area contributed by atoms with Gasteiger partial charge in [0.2, 0.25) is 0 Å². The zero-order chi connectivity index (χ0) is 18.7. The Kier molecular flexibility index (Phi) is 5.40. The first kappa shape index (κ1) is 18.2. The molecule has 0 unspecified atom stereocenters. The summed E-state index contributed by atoms with van der Waals surface area (Å²) in [6.07, 6.45) is 6.41. The molecule has 0 N–H and O–H groups in total. The Balaban J connectivity index is 1.52. The lowest BCUT2D eigenvalue weighted by molar-refractivity contribution is 0.0685. The van der Waals surface area contributed by atoms with Gasteiger partial charge in [0.05, 0.1) is 6.33 Å². The molecule has 6 nitrogen and oxygen atoms in total. The average Bonchev–Trinajstić information content (AvgIpc) is 3.08. The Morgan fingerprint density at radius 2 is 1.81 bits per heavy atom. The van der Waals surface area contributed by atoms with E-state index in [1.54, 1.807) is 36.1 Å². The quantitative estimate of drug-likeness (QED) is 0.846. The summed E-state index contributed by atoms with van der Waals surface area (Å²) in [5.41, 5.74) is 2.48. The van der Waals surface area contributed by atoms with Crippen LogP contribution in [-0.2, 0) is 13.5 Å². The predicted molar refractivity (Wildman–Crippen MR) is 100.0 cm³/mol. The molecule has 1 aliphatic rings. The summed E-state index contributed by atoms with van der Waals surface area (Å²) in [6, 6.07) is 7.89. The normalized spacial score (nSPS) is 15.1. The first-order valence-corrected chi connectivity index (χ1v) is 9.02. The number of carbonyl (C=O) groups is 2. The van der Waals surface area contributed by atoms with Gasteiger partial charge in [-0.15, -0.1) is 0 Å². The van der Waals surface area contributed by atoms with Crippen LogP contribution in [0.1, 0.15) is 39.3 Å². The first-order chi connectivity index (χ1) is 12.4. The second kappa shape index (κ2) is 7.72. The number of amides is 2. The van der Waals surface area contributed by atoms with Crippen molar-refractivity contribution in [3.05, 3.63) is 53.6 Å². The highest BCUT2D eigenvalue weighted by molar-refractivity contribution is 5.94.